The molecule has 0 unspecified atom stereocenters. The summed E-state index contributed by atoms with van der Waals surface area (Å²) in [7, 11) is 0. The number of piperidine rings is 1. The first-order chi connectivity index (χ1) is 10.4. The normalized spacial score (nSPS) is 17.9. The van der Waals surface area contributed by atoms with Gasteiger partial charge >= 0.3 is 0 Å². The quantitative estimate of drug-likeness (QED) is 0.818. The zero-order chi connectivity index (χ0) is 14.3. The number of nitrogens with zero attached hydrogens (tertiary/aromatic N) is 2. The lowest BCUT2D eigenvalue weighted by Crippen LogP contribution is -2.39. The van der Waals surface area contributed by atoms with E-state index >= 15 is 0 Å². The summed E-state index contributed by atoms with van der Waals surface area (Å²) in [5.74, 6) is 0. The molecular weight excluding hydrogens is 369 g/mol. The van der Waals surface area contributed by atoms with Crippen LogP contribution in [0.1, 0.15) is 19.3 Å². The SMILES string of the molecule is Cl.Cl.Cl.c1ccc(N2CCCCC2)c(NCCN2CCOCC2)c1. The molecule has 2 fully saturated rings. The van der Waals surface area contributed by atoms with Crippen LogP contribution in [0.4, 0.5) is 11.4 Å². The second-order valence-corrected chi connectivity index (χ2v) is 5.95. The van der Waals surface area contributed by atoms with Gasteiger partial charge in [-0.2, -0.15) is 0 Å². The molecule has 0 aromatic heterocycles. The number of halogens is 3. The summed E-state index contributed by atoms with van der Waals surface area (Å²) in [6.45, 7) is 8.38. The molecule has 2 heterocycles. The molecule has 0 spiro atoms. The monoisotopic (exact) mass is 397 g/mol. The fraction of sp³-hybridized carbons (Fsp3) is 0.647. The van der Waals surface area contributed by atoms with Crippen molar-refractivity contribution in [1.29, 1.82) is 0 Å². The number of ether oxygens (including phenoxy) is 1. The Morgan fingerprint density at radius 3 is 2.25 bits per heavy atom. The Morgan fingerprint density at radius 2 is 1.54 bits per heavy atom. The number of hydrogen-bond acceptors (Lipinski definition) is 4. The van der Waals surface area contributed by atoms with Crippen molar-refractivity contribution in [3.63, 3.8) is 0 Å². The lowest BCUT2D eigenvalue weighted by molar-refractivity contribution is 0.0398. The van der Waals surface area contributed by atoms with Crippen molar-refractivity contribution >= 4 is 48.6 Å². The highest BCUT2D eigenvalue weighted by Crippen LogP contribution is 2.27. The smallest absolute Gasteiger partial charge is 0.0602 e. The molecule has 4 nitrogen and oxygen atoms in total. The van der Waals surface area contributed by atoms with E-state index in [-0.39, 0.29) is 37.2 Å². The Hall–Kier alpha value is -0.390. The van der Waals surface area contributed by atoms with Crippen molar-refractivity contribution in [2.24, 2.45) is 0 Å². The van der Waals surface area contributed by atoms with Crippen molar-refractivity contribution in [3.8, 4) is 0 Å². The van der Waals surface area contributed by atoms with Crippen molar-refractivity contribution in [2.45, 2.75) is 19.3 Å². The summed E-state index contributed by atoms with van der Waals surface area (Å²) in [4.78, 5) is 5.00. The fourth-order valence-electron chi connectivity index (χ4n) is 3.21. The second kappa shape index (κ2) is 12.9. The standard InChI is InChI=1S/C17H27N3O.3ClH/c1-4-9-20(10-5-1)17-7-3-2-6-16(17)18-8-11-19-12-14-21-15-13-19;;;/h2-3,6-7,18H,1,4-5,8-15H2;3*1H. The van der Waals surface area contributed by atoms with Gasteiger partial charge in [-0.1, -0.05) is 12.1 Å². The van der Waals surface area contributed by atoms with Crippen LogP contribution in [0.15, 0.2) is 24.3 Å². The van der Waals surface area contributed by atoms with Gasteiger partial charge in [0.05, 0.1) is 24.6 Å². The number of rotatable bonds is 5. The van der Waals surface area contributed by atoms with Crippen molar-refractivity contribution in [2.75, 3.05) is 62.7 Å². The van der Waals surface area contributed by atoms with Crippen LogP contribution in [0.2, 0.25) is 0 Å². The van der Waals surface area contributed by atoms with Gasteiger partial charge in [-0.3, -0.25) is 4.90 Å². The van der Waals surface area contributed by atoms with Gasteiger partial charge < -0.3 is 15.0 Å². The van der Waals surface area contributed by atoms with E-state index in [9.17, 15) is 0 Å². The number of benzene rings is 1. The molecule has 24 heavy (non-hydrogen) atoms. The lowest BCUT2D eigenvalue weighted by Gasteiger charge is -2.31. The molecule has 2 aliphatic heterocycles. The molecule has 0 aliphatic carbocycles. The number of hydrogen-bond donors (Lipinski definition) is 1. The predicted molar refractivity (Wildman–Crippen MR) is 110 cm³/mol. The van der Waals surface area contributed by atoms with Crippen LogP contribution in [0.3, 0.4) is 0 Å². The minimum Gasteiger partial charge on any atom is -0.382 e. The minimum absolute atomic E-state index is 0. The van der Waals surface area contributed by atoms with Gasteiger partial charge in [0, 0.05) is 39.3 Å². The van der Waals surface area contributed by atoms with E-state index in [0.717, 1.165) is 39.4 Å². The number of morpholine rings is 1. The first-order valence-corrected chi connectivity index (χ1v) is 8.31. The van der Waals surface area contributed by atoms with Crippen molar-refractivity contribution in [1.82, 2.24) is 4.90 Å². The summed E-state index contributed by atoms with van der Waals surface area (Å²) in [6.07, 6.45) is 4.02. The zero-order valence-electron chi connectivity index (χ0n) is 14.1. The van der Waals surface area contributed by atoms with Gasteiger partial charge in [0.1, 0.15) is 0 Å². The molecular formula is C17H30Cl3N3O. The maximum Gasteiger partial charge on any atom is 0.0602 e. The third-order valence-corrected chi connectivity index (χ3v) is 4.45. The summed E-state index contributed by atoms with van der Waals surface area (Å²) < 4.78 is 5.39. The topological polar surface area (TPSA) is 27.7 Å². The Bertz CT molecular complexity index is 439. The zero-order valence-corrected chi connectivity index (χ0v) is 16.6. The van der Waals surface area contributed by atoms with Gasteiger partial charge in [0.2, 0.25) is 0 Å². The molecule has 1 aromatic carbocycles. The molecule has 0 atom stereocenters. The molecule has 7 heteroatoms. The summed E-state index contributed by atoms with van der Waals surface area (Å²) in [5, 5.41) is 3.63. The molecule has 140 valence electrons. The van der Waals surface area contributed by atoms with E-state index in [2.05, 4.69) is 39.4 Å². The highest BCUT2D eigenvalue weighted by Gasteiger charge is 2.14. The average Bonchev–Trinajstić information content (AvgIpc) is 2.57. The Kier molecular flexibility index (Phi) is 12.7. The molecule has 2 saturated heterocycles. The molecule has 0 saturated carbocycles. The van der Waals surface area contributed by atoms with Gasteiger partial charge in [-0.05, 0) is 31.4 Å². The average molecular weight is 399 g/mol. The summed E-state index contributed by atoms with van der Waals surface area (Å²) >= 11 is 0. The van der Waals surface area contributed by atoms with Gasteiger partial charge in [0.25, 0.3) is 0 Å². The van der Waals surface area contributed by atoms with E-state index in [0.29, 0.717) is 0 Å². The first kappa shape index (κ1) is 23.6. The van der Waals surface area contributed by atoms with E-state index in [1.807, 2.05) is 0 Å². The van der Waals surface area contributed by atoms with Crippen LogP contribution in [0.5, 0.6) is 0 Å². The summed E-state index contributed by atoms with van der Waals surface area (Å²) in [5.41, 5.74) is 2.66. The molecule has 0 amide bonds. The van der Waals surface area contributed by atoms with Gasteiger partial charge in [-0.25, -0.2) is 0 Å². The Labute approximate surface area is 164 Å². The third kappa shape index (κ3) is 6.85. The Morgan fingerprint density at radius 1 is 0.875 bits per heavy atom. The van der Waals surface area contributed by atoms with Crippen LogP contribution < -0.4 is 10.2 Å². The van der Waals surface area contributed by atoms with Gasteiger partial charge in [0.15, 0.2) is 0 Å². The minimum atomic E-state index is 0. The largest absolute Gasteiger partial charge is 0.382 e. The fourth-order valence-corrected chi connectivity index (χ4v) is 3.21. The van der Waals surface area contributed by atoms with Crippen LogP contribution in [-0.2, 0) is 4.74 Å². The van der Waals surface area contributed by atoms with E-state index in [1.165, 1.54) is 43.7 Å². The first-order valence-electron chi connectivity index (χ1n) is 8.31. The maximum atomic E-state index is 5.39. The lowest BCUT2D eigenvalue weighted by atomic mass is 10.1. The van der Waals surface area contributed by atoms with Crippen molar-refractivity contribution < 1.29 is 4.74 Å². The maximum absolute atomic E-state index is 5.39. The predicted octanol–water partition coefficient (Wildman–Crippen LogP) is 3.69. The van der Waals surface area contributed by atoms with Crippen LogP contribution in [-0.4, -0.2) is 57.4 Å². The van der Waals surface area contributed by atoms with Crippen molar-refractivity contribution in [3.05, 3.63) is 24.3 Å². The van der Waals surface area contributed by atoms with Crippen LogP contribution in [0.25, 0.3) is 0 Å². The highest BCUT2D eigenvalue weighted by atomic mass is 35.5. The molecule has 3 rings (SSSR count). The van der Waals surface area contributed by atoms with E-state index < -0.39 is 0 Å². The molecule has 0 bridgehead atoms. The Balaban J connectivity index is 0.00000176. The number of nitrogens with one attached hydrogen (secondary N) is 1. The number of para-hydroxylation sites is 2. The molecule has 2 aliphatic rings. The number of anilines is 2. The molecule has 0 radical (unpaired) electrons. The van der Waals surface area contributed by atoms with Crippen LogP contribution >= 0.6 is 37.2 Å². The van der Waals surface area contributed by atoms with E-state index in [1.54, 1.807) is 0 Å². The second-order valence-electron chi connectivity index (χ2n) is 5.95. The molecule has 1 N–H and O–H groups in total. The third-order valence-electron chi connectivity index (χ3n) is 4.45. The van der Waals surface area contributed by atoms with E-state index in [4.69, 9.17) is 4.74 Å². The molecule has 1 aromatic rings. The summed E-state index contributed by atoms with van der Waals surface area (Å²) in [6, 6.07) is 8.74. The highest BCUT2D eigenvalue weighted by molar-refractivity contribution is 5.86. The van der Waals surface area contributed by atoms with Crippen LogP contribution in [0, 0.1) is 0 Å². The van der Waals surface area contributed by atoms with Gasteiger partial charge in [-0.15, -0.1) is 37.2 Å².